The van der Waals surface area contributed by atoms with Crippen LogP contribution in [-0.2, 0) is 11.8 Å². The fraction of sp³-hybridized carbons (Fsp3) is 0.867. The molecule has 19 heavy (non-hydrogen) atoms. The molecule has 1 aliphatic rings. The predicted molar refractivity (Wildman–Crippen MR) is 75.9 cm³/mol. The monoisotopic (exact) mass is 265 g/mol. The molecular weight excluding hydrogens is 238 g/mol. The fourth-order valence-electron chi connectivity index (χ4n) is 3.27. The highest BCUT2D eigenvalue weighted by atomic mass is 16.5. The maximum atomic E-state index is 5.96. The van der Waals surface area contributed by atoms with Crippen molar-refractivity contribution in [1.82, 2.24) is 10.1 Å². The Hall–Kier alpha value is -0.900. The maximum Gasteiger partial charge on any atom is 0.232 e. The van der Waals surface area contributed by atoms with Gasteiger partial charge in [0.15, 0.2) is 5.82 Å². The Kier molecular flexibility index (Phi) is 4.61. The predicted octanol–water partition coefficient (Wildman–Crippen LogP) is 3.21. The quantitative estimate of drug-likeness (QED) is 0.857. The Balaban J connectivity index is 2.14. The van der Waals surface area contributed by atoms with Gasteiger partial charge in [0.2, 0.25) is 5.89 Å². The largest absolute Gasteiger partial charge is 0.339 e. The van der Waals surface area contributed by atoms with Crippen LogP contribution >= 0.6 is 0 Å². The summed E-state index contributed by atoms with van der Waals surface area (Å²) in [6.07, 6.45) is 7.74. The molecule has 1 fully saturated rings. The summed E-state index contributed by atoms with van der Waals surface area (Å²) in [5.41, 5.74) is 6.09. The zero-order chi connectivity index (χ0) is 13.9. The zero-order valence-electron chi connectivity index (χ0n) is 12.5. The molecule has 2 N–H and O–H groups in total. The van der Waals surface area contributed by atoms with E-state index in [9.17, 15) is 0 Å². The van der Waals surface area contributed by atoms with Gasteiger partial charge in [-0.05, 0) is 31.6 Å². The van der Waals surface area contributed by atoms with E-state index in [0.717, 1.165) is 31.0 Å². The second-order valence-electron chi connectivity index (χ2n) is 6.47. The van der Waals surface area contributed by atoms with E-state index in [4.69, 9.17) is 10.3 Å². The van der Waals surface area contributed by atoms with Crippen molar-refractivity contribution in [3.8, 4) is 0 Å². The van der Waals surface area contributed by atoms with E-state index in [2.05, 4.69) is 30.9 Å². The number of aromatic nitrogens is 2. The highest BCUT2D eigenvalue weighted by Crippen LogP contribution is 2.44. The molecule has 0 aliphatic heterocycles. The minimum Gasteiger partial charge on any atom is -0.339 e. The van der Waals surface area contributed by atoms with Crippen molar-refractivity contribution < 1.29 is 4.52 Å². The zero-order valence-corrected chi connectivity index (χ0v) is 12.5. The van der Waals surface area contributed by atoms with E-state index in [-0.39, 0.29) is 11.5 Å². The van der Waals surface area contributed by atoms with E-state index in [1.54, 1.807) is 0 Å². The minimum absolute atomic E-state index is 0.134. The molecule has 0 radical (unpaired) electrons. The number of hydrogen-bond donors (Lipinski definition) is 1. The summed E-state index contributed by atoms with van der Waals surface area (Å²) < 4.78 is 5.58. The maximum absolute atomic E-state index is 5.96. The van der Waals surface area contributed by atoms with Gasteiger partial charge in [-0.25, -0.2) is 0 Å². The van der Waals surface area contributed by atoms with Crippen LogP contribution in [0.15, 0.2) is 4.52 Å². The van der Waals surface area contributed by atoms with Crippen LogP contribution in [0.4, 0.5) is 0 Å². The number of nitrogens with two attached hydrogens (primary N) is 1. The number of hydrogen-bond acceptors (Lipinski definition) is 4. The molecule has 108 valence electrons. The smallest absolute Gasteiger partial charge is 0.232 e. The number of nitrogens with zero attached hydrogens (tertiary/aromatic N) is 2. The van der Waals surface area contributed by atoms with Crippen LogP contribution in [0.2, 0.25) is 0 Å². The summed E-state index contributed by atoms with van der Waals surface area (Å²) >= 11 is 0. The van der Waals surface area contributed by atoms with Crippen LogP contribution in [0.5, 0.6) is 0 Å². The van der Waals surface area contributed by atoms with Gasteiger partial charge in [-0.3, -0.25) is 0 Å². The van der Waals surface area contributed by atoms with E-state index in [1.165, 1.54) is 25.7 Å². The van der Waals surface area contributed by atoms with Gasteiger partial charge in [0.25, 0.3) is 0 Å². The highest BCUT2D eigenvalue weighted by Gasteiger charge is 2.41. The van der Waals surface area contributed by atoms with Crippen LogP contribution in [0, 0.1) is 5.92 Å². The van der Waals surface area contributed by atoms with Crippen molar-refractivity contribution in [2.45, 2.75) is 77.2 Å². The van der Waals surface area contributed by atoms with Crippen molar-refractivity contribution in [2.75, 3.05) is 0 Å². The molecular formula is C15H27N3O. The molecule has 0 spiro atoms. The first-order valence-electron chi connectivity index (χ1n) is 7.64. The lowest BCUT2D eigenvalue weighted by molar-refractivity contribution is 0.243. The van der Waals surface area contributed by atoms with Crippen molar-refractivity contribution >= 4 is 0 Å². The van der Waals surface area contributed by atoms with Gasteiger partial charge in [0.1, 0.15) is 0 Å². The molecule has 0 amide bonds. The highest BCUT2D eigenvalue weighted by molar-refractivity contribution is 5.09. The first-order valence-corrected chi connectivity index (χ1v) is 7.64. The van der Waals surface area contributed by atoms with Crippen LogP contribution in [0.1, 0.15) is 71.0 Å². The summed E-state index contributed by atoms with van der Waals surface area (Å²) in [5, 5.41) is 4.13. The van der Waals surface area contributed by atoms with Crippen molar-refractivity contribution in [1.29, 1.82) is 0 Å². The molecule has 4 nitrogen and oxygen atoms in total. The molecule has 1 saturated carbocycles. The average molecular weight is 265 g/mol. The summed E-state index contributed by atoms with van der Waals surface area (Å²) in [6.45, 7) is 6.62. The second kappa shape index (κ2) is 6.04. The molecule has 0 bridgehead atoms. The second-order valence-corrected chi connectivity index (χ2v) is 6.47. The lowest BCUT2D eigenvalue weighted by atomic mass is 9.78. The van der Waals surface area contributed by atoms with Crippen LogP contribution < -0.4 is 5.73 Å². The third-order valence-electron chi connectivity index (χ3n) is 4.25. The first-order chi connectivity index (χ1) is 9.05. The standard InChI is InChI=1S/C15H27N3O/c1-4-12(16)9-13-17-14(19-18-13)15(10-11(2)3)7-5-6-8-15/h11-12H,4-10,16H2,1-3H3. The molecule has 1 aromatic heterocycles. The molecule has 2 rings (SSSR count). The lowest BCUT2D eigenvalue weighted by Crippen LogP contribution is -2.25. The fourth-order valence-corrected chi connectivity index (χ4v) is 3.27. The molecule has 1 aromatic rings. The van der Waals surface area contributed by atoms with E-state index in [1.807, 2.05) is 0 Å². The summed E-state index contributed by atoms with van der Waals surface area (Å²) in [6, 6.07) is 0.134. The van der Waals surface area contributed by atoms with E-state index >= 15 is 0 Å². The van der Waals surface area contributed by atoms with E-state index in [0.29, 0.717) is 5.92 Å². The molecule has 1 unspecified atom stereocenters. The minimum atomic E-state index is 0.134. The Morgan fingerprint density at radius 1 is 1.32 bits per heavy atom. The SMILES string of the molecule is CCC(N)Cc1noc(C2(CC(C)C)CCCC2)n1. The van der Waals surface area contributed by atoms with Gasteiger partial charge in [0.05, 0.1) is 0 Å². The Labute approximate surface area is 116 Å². The van der Waals surface area contributed by atoms with Gasteiger partial charge in [-0.2, -0.15) is 4.98 Å². The van der Waals surface area contributed by atoms with Crippen LogP contribution in [-0.4, -0.2) is 16.2 Å². The molecule has 0 aromatic carbocycles. The first kappa shape index (κ1) is 14.5. The van der Waals surface area contributed by atoms with Gasteiger partial charge in [0, 0.05) is 17.9 Å². The van der Waals surface area contributed by atoms with Gasteiger partial charge in [-0.1, -0.05) is 38.8 Å². The Morgan fingerprint density at radius 3 is 2.58 bits per heavy atom. The molecule has 1 aliphatic carbocycles. The van der Waals surface area contributed by atoms with Gasteiger partial charge >= 0.3 is 0 Å². The Bertz CT molecular complexity index is 394. The Morgan fingerprint density at radius 2 is 2.00 bits per heavy atom. The molecule has 1 heterocycles. The summed E-state index contributed by atoms with van der Waals surface area (Å²) in [7, 11) is 0. The third kappa shape index (κ3) is 3.35. The number of rotatable bonds is 6. The van der Waals surface area contributed by atoms with Gasteiger partial charge < -0.3 is 10.3 Å². The van der Waals surface area contributed by atoms with Crippen molar-refractivity contribution in [3.63, 3.8) is 0 Å². The average Bonchev–Trinajstić information content (AvgIpc) is 2.98. The van der Waals surface area contributed by atoms with E-state index < -0.39 is 0 Å². The topological polar surface area (TPSA) is 64.9 Å². The van der Waals surface area contributed by atoms with Crippen LogP contribution in [0.25, 0.3) is 0 Å². The summed E-state index contributed by atoms with van der Waals surface area (Å²) in [4.78, 5) is 4.65. The molecule has 4 heteroatoms. The molecule has 1 atom stereocenters. The van der Waals surface area contributed by atoms with Crippen LogP contribution in [0.3, 0.4) is 0 Å². The van der Waals surface area contributed by atoms with Crippen molar-refractivity contribution in [2.24, 2.45) is 11.7 Å². The normalized spacial score (nSPS) is 20.1. The molecule has 0 saturated heterocycles. The lowest BCUT2D eigenvalue weighted by Gasteiger charge is -2.26. The van der Waals surface area contributed by atoms with Gasteiger partial charge in [-0.15, -0.1) is 0 Å². The summed E-state index contributed by atoms with van der Waals surface area (Å²) in [5.74, 6) is 2.29. The van der Waals surface area contributed by atoms with Crippen molar-refractivity contribution in [3.05, 3.63) is 11.7 Å². The third-order valence-corrected chi connectivity index (χ3v) is 4.25.